The molecule has 0 radical (unpaired) electrons. The SMILES string of the molecule is Cc1cn(C(F)C(=O)O)nc1[N+](=O)[O-]. The summed E-state index contributed by atoms with van der Waals surface area (Å²) in [6.45, 7) is 1.34. The first kappa shape index (κ1) is 10.1. The van der Waals surface area contributed by atoms with Gasteiger partial charge in [0.2, 0.25) is 0 Å². The smallest absolute Gasteiger partial charge is 0.392 e. The Morgan fingerprint density at radius 2 is 2.43 bits per heavy atom. The minimum Gasteiger partial charge on any atom is -0.478 e. The molecule has 0 aliphatic carbocycles. The van der Waals surface area contributed by atoms with E-state index in [1.54, 1.807) is 0 Å². The summed E-state index contributed by atoms with van der Waals surface area (Å²) in [6, 6.07) is 0. The van der Waals surface area contributed by atoms with Gasteiger partial charge in [0.05, 0.1) is 16.9 Å². The first-order chi connectivity index (χ1) is 6.43. The molecule has 1 atom stereocenters. The highest BCUT2D eigenvalue weighted by molar-refractivity contribution is 5.70. The van der Waals surface area contributed by atoms with Crippen LogP contribution in [0.2, 0.25) is 0 Å². The number of nitrogens with zero attached hydrogens (tertiary/aromatic N) is 3. The largest absolute Gasteiger partial charge is 0.478 e. The van der Waals surface area contributed by atoms with Crippen molar-refractivity contribution in [2.45, 2.75) is 13.2 Å². The second kappa shape index (κ2) is 3.40. The fraction of sp³-hybridized carbons (Fsp3) is 0.333. The molecule has 0 aromatic carbocycles. The Balaban J connectivity index is 3.08. The fourth-order valence-corrected chi connectivity index (χ4v) is 0.883. The van der Waals surface area contributed by atoms with E-state index in [-0.39, 0.29) is 5.56 Å². The number of nitro groups is 1. The number of aliphatic carboxylic acids is 1. The highest BCUT2D eigenvalue weighted by Gasteiger charge is 2.26. The van der Waals surface area contributed by atoms with Gasteiger partial charge < -0.3 is 15.2 Å². The summed E-state index contributed by atoms with van der Waals surface area (Å²) in [5.41, 5.74) is 0.110. The van der Waals surface area contributed by atoms with Crippen LogP contribution in [0.15, 0.2) is 6.20 Å². The molecule has 0 bridgehead atoms. The van der Waals surface area contributed by atoms with Gasteiger partial charge in [-0.15, -0.1) is 4.68 Å². The van der Waals surface area contributed by atoms with Crippen molar-refractivity contribution in [1.29, 1.82) is 0 Å². The molecule has 0 saturated carbocycles. The molecule has 1 aromatic heterocycles. The van der Waals surface area contributed by atoms with Gasteiger partial charge in [0.15, 0.2) is 0 Å². The van der Waals surface area contributed by atoms with Crippen LogP contribution in [-0.2, 0) is 4.79 Å². The average molecular weight is 203 g/mol. The first-order valence-corrected chi connectivity index (χ1v) is 3.50. The second-order valence-corrected chi connectivity index (χ2v) is 2.55. The molecule has 1 aromatic rings. The van der Waals surface area contributed by atoms with E-state index in [2.05, 4.69) is 5.10 Å². The van der Waals surface area contributed by atoms with E-state index in [0.29, 0.717) is 4.68 Å². The standard InChI is InChI=1S/C6H6FN3O4/c1-3-2-9(4(7)6(11)12)8-5(3)10(13)14/h2,4H,1H3,(H,11,12). The number of carboxylic acids is 1. The van der Waals surface area contributed by atoms with Gasteiger partial charge in [0.1, 0.15) is 0 Å². The number of alkyl halides is 1. The first-order valence-electron chi connectivity index (χ1n) is 3.50. The van der Waals surface area contributed by atoms with Gasteiger partial charge in [0, 0.05) is 0 Å². The van der Waals surface area contributed by atoms with E-state index < -0.39 is 23.0 Å². The molecule has 14 heavy (non-hydrogen) atoms. The third-order valence-corrected chi connectivity index (χ3v) is 1.50. The molecule has 76 valence electrons. The van der Waals surface area contributed by atoms with Crippen LogP contribution in [0.1, 0.15) is 11.9 Å². The number of aromatic nitrogens is 2. The van der Waals surface area contributed by atoms with E-state index in [0.717, 1.165) is 6.20 Å². The minimum absolute atomic E-state index is 0.110. The van der Waals surface area contributed by atoms with Gasteiger partial charge in [-0.05, 0) is 11.8 Å². The second-order valence-electron chi connectivity index (χ2n) is 2.55. The van der Waals surface area contributed by atoms with Crippen molar-refractivity contribution in [1.82, 2.24) is 9.78 Å². The molecular formula is C6H6FN3O4. The molecule has 0 fully saturated rings. The van der Waals surface area contributed by atoms with Gasteiger partial charge in [-0.2, -0.15) is 0 Å². The maximum atomic E-state index is 12.8. The Hall–Kier alpha value is -1.99. The third-order valence-electron chi connectivity index (χ3n) is 1.50. The molecule has 0 saturated heterocycles. The number of hydrogen-bond donors (Lipinski definition) is 1. The lowest BCUT2D eigenvalue weighted by atomic mass is 10.4. The highest BCUT2D eigenvalue weighted by atomic mass is 19.1. The molecule has 1 unspecified atom stereocenters. The van der Waals surface area contributed by atoms with Crippen LogP contribution >= 0.6 is 0 Å². The third kappa shape index (κ3) is 1.68. The van der Waals surface area contributed by atoms with Crippen LogP contribution < -0.4 is 0 Å². The molecule has 7 nitrogen and oxygen atoms in total. The monoisotopic (exact) mass is 203 g/mol. The van der Waals surface area contributed by atoms with Gasteiger partial charge in [-0.3, -0.25) is 0 Å². The Morgan fingerprint density at radius 1 is 1.86 bits per heavy atom. The Morgan fingerprint density at radius 3 is 2.79 bits per heavy atom. The van der Waals surface area contributed by atoms with Crippen LogP contribution in [0.4, 0.5) is 10.2 Å². The maximum Gasteiger partial charge on any atom is 0.392 e. The molecular weight excluding hydrogens is 197 g/mol. The number of carboxylic acid groups (broad SMARTS) is 1. The van der Waals surface area contributed by atoms with Crippen LogP contribution in [0, 0.1) is 17.0 Å². The summed E-state index contributed by atoms with van der Waals surface area (Å²) < 4.78 is 13.2. The van der Waals surface area contributed by atoms with Crippen molar-refractivity contribution < 1.29 is 19.2 Å². The van der Waals surface area contributed by atoms with E-state index in [1.807, 2.05) is 0 Å². The van der Waals surface area contributed by atoms with Crippen LogP contribution in [-0.4, -0.2) is 25.8 Å². The van der Waals surface area contributed by atoms with Crippen molar-refractivity contribution in [2.75, 3.05) is 0 Å². The normalized spacial score (nSPS) is 12.4. The van der Waals surface area contributed by atoms with Crippen LogP contribution in [0.3, 0.4) is 0 Å². The zero-order valence-electron chi connectivity index (χ0n) is 7.05. The number of carbonyl (C=O) groups is 1. The minimum atomic E-state index is -2.40. The summed E-state index contributed by atoms with van der Waals surface area (Å²) in [4.78, 5) is 19.7. The Labute approximate surface area is 76.9 Å². The van der Waals surface area contributed by atoms with Crippen molar-refractivity contribution in [3.63, 3.8) is 0 Å². The van der Waals surface area contributed by atoms with Gasteiger partial charge in [-0.1, -0.05) is 0 Å². The van der Waals surface area contributed by atoms with Crippen molar-refractivity contribution in [3.05, 3.63) is 21.9 Å². The van der Waals surface area contributed by atoms with Crippen molar-refractivity contribution in [3.8, 4) is 0 Å². The molecule has 1 rings (SSSR count). The Bertz CT molecular complexity index is 388. The summed E-state index contributed by atoms with van der Waals surface area (Å²) in [7, 11) is 0. The van der Waals surface area contributed by atoms with E-state index in [1.165, 1.54) is 6.92 Å². The Kier molecular flexibility index (Phi) is 2.45. The van der Waals surface area contributed by atoms with Crippen molar-refractivity contribution >= 4 is 11.8 Å². The molecule has 8 heteroatoms. The summed E-state index contributed by atoms with van der Waals surface area (Å²) in [5.74, 6) is -2.30. The molecule has 0 spiro atoms. The topological polar surface area (TPSA) is 98.3 Å². The molecule has 1 N–H and O–H groups in total. The average Bonchev–Trinajstić information content (AvgIpc) is 2.45. The molecule has 0 aliphatic heterocycles. The van der Waals surface area contributed by atoms with E-state index in [9.17, 15) is 19.3 Å². The zero-order valence-corrected chi connectivity index (χ0v) is 7.05. The van der Waals surface area contributed by atoms with Crippen molar-refractivity contribution in [2.24, 2.45) is 0 Å². The van der Waals surface area contributed by atoms with Crippen LogP contribution in [0.5, 0.6) is 0 Å². The van der Waals surface area contributed by atoms with E-state index in [4.69, 9.17) is 5.11 Å². The van der Waals surface area contributed by atoms with Gasteiger partial charge in [-0.25, -0.2) is 9.18 Å². The van der Waals surface area contributed by atoms with Gasteiger partial charge >= 0.3 is 18.1 Å². The number of hydrogen-bond acceptors (Lipinski definition) is 4. The number of rotatable bonds is 3. The van der Waals surface area contributed by atoms with E-state index >= 15 is 0 Å². The van der Waals surface area contributed by atoms with Crippen LogP contribution in [0.25, 0.3) is 0 Å². The lowest BCUT2D eigenvalue weighted by Gasteiger charge is -1.96. The predicted molar refractivity (Wildman–Crippen MR) is 41.4 cm³/mol. The summed E-state index contributed by atoms with van der Waals surface area (Å²) in [6.07, 6.45) is -1.43. The molecule has 0 amide bonds. The lowest BCUT2D eigenvalue weighted by molar-refractivity contribution is -0.390. The summed E-state index contributed by atoms with van der Waals surface area (Å²) in [5, 5.41) is 21.7. The number of halogens is 1. The van der Waals surface area contributed by atoms with Gasteiger partial charge in [0.25, 0.3) is 0 Å². The maximum absolute atomic E-state index is 12.8. The highest BCUT2D eigenvalue weighted by Crippen LogP contribution is 2.17. The lowest BCUT2D eigenvalue weighted by Crippen LogP contribution is -2.14. The predicted octanol–water partition coefficient (Wildman–Crippen LogP) is 0.652. The molecule has 0 aliphatic rings. The molecule has 1 heterocycles. The number of aryl methyl sites for hydroxylation is 1. The zero-order chi connectivity index (χ0) is 10.9. The quantitative estimate of drug-likeness (QED) is 0.574. The summed E-state index contributed by atoms with van der Waals surface area (Å²) >= 11 is 0. The fourth-order valence-electron chi connectivity index (χ4n) is 0.883.